The number of aliphatic hydroxyl groups is 1. The van der Waals surface area contributed by atoms with Crippen LogP contribution in [0.15, 0.2) is 96.5 Å². The average Bonchev–Trinajstić information content (AvgIpc) is 3.96. The number of hydrogen-bond donors (Lipinski definition) is 3. The fourth-order valence-corrected chi connectivity index (χ4v) is 9.61. The predicted octanol–water partition coefficient (Wildman–Crippen LogP) is 7.77. The summed E-state index contributed by atoms with van der Waals surface area (Å²) < 4.78 is 11.5. The lowest BCUT2D eigenvalue weighted by atomic mass is 9.85. The van der Waals surface area contributed by atoms with E-state index in [1.165, 1.54) is 9.80 Å². The first-order valence-electron chi connectivity index (χ1n) is 22.0. The third-order valence-electron chi connectivity index (χ3n) is 12.0. The lowest BCUT2D eigenvalue weighted by molar-refractivity contribution is -0.144. The van der Waals surface area contributed by atoms with Gasteiger partial charge < -0.3 is 35.0 Å². The van der Waals surface area contributed by atoms with Crippen LogP contribution in [-0.2, 0) is 30.5 Å². The van der Waals surface area contributed by atoms with E-state index in [2.05, 4.69) is 20.5 Å². The Morgan fingerprint density at radius 1 is 0.955 bits per heavy atom. The zero-order valence-electron chi connectivity index (χ0n) is 38.7. The number of hydrogen-bond acceptors (Lipinski definition) is 10. The fraction of sp³-hybridized carbons (Fsp3) is 0.353. The number of benzene rings is 4. The quantitative estimate of drug-likeness (QED) is 0.0539. The monoisotopic (exact) mass is 941 g/mol. The second-order valence-electron chi connectivity index (χ2n) is 18.3. The van der Waals surface area contributed by atoms with Gasteiger partial charge in [-0.1, -0.05) is 75.4 Å². The van der Waals surface area contributed by atoms with Crippen molar-refractivity contribution in [3.05, 3.63) is 125 Å². The first-order valence-corrected chi connectivity index (χ1v) is 23.3. The molecule has 0 unspecified atom stereocenters. The zero-order chi connectivity index (χ0) is 48.2. The van der Waals surface area contributed by atoms with Gasteiger partial charge in [-0.2, -0.15) is 0 Å². The van der Waals surface area contributed by atoms with Crippen molar-refractivity contribution in [1.82, 2.24) is 20.5 Å². The minimum Gasteiger partial charge on any atom is -0.491 e. The molecule has 16 heteroatoms. The highest BCUT2D eigenvalue weighted by Gasteiger charge is 2.50. The lowest BCUT2D eigenvalue weighted by Gasteiger charge is -2.35. The first-order chi connectivity index (χ1) is 31.9. The number of thiocarbonyl (C=S) groups is 1. The molecule has 2 aliphatic rings. The third-order valence-corrected chi connectivity index (χ3v) is 13.3. The number of nitrogens with one attached hydrogen (secondary N) is 2. The number of amides is 4. The summed E-state index contributed by atoms with van der Waals surface area (Å²) in [7, 11) is 0. The Balaban J connectivity index is 0.871. The molecule has 348 valence electrons. The molecule has 7 rings (SSSR count). The molecule has 1 aromatic heterocycles. The topological polar surface area (TPSA) is 158 Å². The Kier molecular flexibility index (Phi) is 14.6. The van der Waals surface area contributed by atoms with Gasteiger partial charge in [0.2, 0.25) is 17.7 Å². The number of nitrogens with zero attached hydrogens (tertiary/aromatic N) is 5. The van der Waals surface area contributed by atoms with Crippen LogP contribution in [0.2, 0.25) is 0 Å². The van der Waals surface area contributed by atoms with E-state index in [4.69, 9.17) is 28.3 Å². The molecule has 67 heavy (non-hydrogen) atoms. The highest BCUT2D eigenvalue weighted by molar-refractivity contribution is 7.81. The molecule has 3 N–H and O–H groups in total. The molecule has 0 aliphatic carbocycles. The number of β-amino-alcohol motifs (C(OH)–C–C–N with tert-alkyl or cyclic N) is 1. The molecule has 14 nitrogen and oxygen atoms in total. The van der Waals surface area contributed by atoms with E-state index in [-0.39, 0.29) is 51.1 Å². The molecule has 5 aromatic rings. The Hall–Kier alpha value is -6.51. The molecule has 3 atom stereocenters. The number of rotatable bonds is 15. The summed E-state index contributed by atoms with van der Waals surface area (Å²) in [6.45, 7) is 20.5. The number of thiazole rings is 1. The van der Waals surface area contributed by atoms with Crippen LogP contribution >= 0.6 is 23.6 Å². The summed E-state index contributed by atoms with van der Waals surface area (Å²) in [5.41, 5.74) is 7.65. The molecule has 4 amide bonds. The van der Waals surface area contributed by atoms with Gasteiger partial charge in [-0.15, -0.1) is 11.3 Å². The van der Waals surface area contributed by atoms with E-state index in [0.717, 1.165) is 44.1 Å². The molecule has 4 aromatic carbocycles. The van der Waals surface area contributed by atoms with Gasteiger partial charge in [0.1, 0.15) is 36.6 Å². The van der Waals surface area contributed by atoms with Crippen LogP contribution in [0.25, 0.3) is 26.4 Å². The van der Waals surface area contributed by atoms with E-state index in [0.29, 0.717) is 22.2 Å². The van der Waals surface area contributed by atoms with Gasteiger partial charge in [-0.05, 0) is 110 Å². The normalized spacial score (nSPS) is 17.3. The number of aromatic nitrogens is 1. The molecular weight excluding hydrogens is 887 g/mol. The second-order valence-corrected chi connectivity index (χ2v) is 19.5. The lowest BCUT2D eigenvalue weighted by Crippen LogP contribution is -2.58. The van der Waals surface area contributed by atoms with Crippen molar-refractivity contribution < 1.29 is 33.8 Å². The molecular formula is C51H55N7O7S2. The summed E-state index contributed by atoms with van der Waals surface area (Å²) >= 11 is 7.43. The third kappa shape index (κ3) is 10.7. The largest absolute Gasteiger partial charge is 0.491 e. The van der Waals surface area contributed by atoms with Gasteiger partial charge in [0.25, 0.3) is 5.91 Å². The number of ether oxygens (including phenoxy) is 2. The van der Waals surface area contributed by atoms with Crippen LogP contribution in [0.5, 0.6) is 5.75 Å². The summed E-state index contributed by atoms with van der Waals surface area (Å²) in [5.74, 6) is -0.875. The zero-order valence-corrected chi connectivity index (χ0v) is 40.3. The van der Waals surface area contributed by atoms with Gasteiger partial charge in [0.15, 0.2) is 10.8 Å². The average molecular weight is 942 g/mol. The van der Waals surface area contributed by atoms with Crippen molar-refractivity contribution in [3.63, 3.8) is 0 Å². The summed E-state index contributed by atoms with van der Waals surface area (Å²) in [5, 5.41) is 16.7. The van der Waals surface area contributed by atoms with Crippen LogP contribution in [0.3, 0.4) is 0 Å². The Labute approximate surface area is 400 Å². The van der Waals surface area contributed by atoms with Crippen LogP contribution in [0.1, 0.15) is 57.9 Å². The van der Waals surface area contributed by atoms with Gasteiger partial charge in [0, 0.05) is 30.9 Å². The Morgan fingerprint density at radius 3 is 2.21 bits per heavy atom. The first kappa shape index (κ1) is 48.4. The number of carbonyl (C=O) groups is 4. The summed E-state index contributed by atoms with van der Waals surface area (Å²) in [6.07, 6.45) is -0.795. The van der Waals surface area contributed by atoms with Crippen molar-refractivity contribution in [2.75, 3.05) is 36.2 Å². The van der Waals surface area contributed by atoms with Crippen molar-refractivity contribution in [3.8, 4) is 27.3 Å². The van der Waals surface area contributed by atoms with Crippen molar-refractivity contribution in [2.45, 2.75) is 85.2 Å². The molecule has 3 heterocycles. The van der Waals surface area contributed by atoms with E-state index in [9.17, 15) is 24.3 Å². The molecule has 0 radical (unpaired) electrons. The maximum Gasteiger partial charge on any atom is 0.259 e. The Morgan fingerprint density at radius 2 is 1.60 bits per heavy atom. The maximum atomic E-state index is 14.0. The molecule has 2 saturated heterocycles. The highest BCUT2D eigenvalue weighted by Crippen LogP contribution is 2.38. The van der Waals surface area contributed by atoms with Gasteiger partial charge >= 0.3 is 0 Å². The van der Waals surface area contributed by atoms with Gasteiger partial charge in [0.05, 0.1) is 35.4 Å². The standard InChI is InChI=1S/C51H55N7O7S2/c1-31-25-38(19-22-41(31)52-8)57-48(63)51(6,7)58(49(57)66)37-17-13-34(14-18-37)35-15-20-40(21-16-35)65-24-23-64-29-43(60)55-45(50(3,4)5)47(62)56-28-39(59)26-42(56)46(61)53-27-33-9-11-36(12-10-33)44-32(2)54-30-67-44/h9-22,25,30,39,42,45,59H,23-24,26-29H2,1-7H3,(H,53,61)(H,55,60)/t39-,42+,45-/m1/s1. The summed E-state index contributed by atoms with van der Waals surface area (Å²) in [6, 6.07) is 26.6. The number of carbonyl (C=O) groups excluding carboxylic acids is 4. The van der Waals surface area contributed by atoms with Crippen LogP contribution < -0.4 is 25.2 Å². The fourth-order valence-electron chi connectivity index (χ4n) is 8.27. The minimum absolute atomic E-state index is 0.0267. The molecule has 2 aliphatic heterocycles. The Bertz CT molecular complexity index is 2690. The number of aliphatic hydroxyl groups excluding tert-OH is 1. The van der Waals surface area contributed by atoms with Crippen LogP contribution in [0.4, 0.5) is 17.1 Å². The van der Waals surface area contributed by atoms with E-state index >= 15 is 0 Å². The maximum absolute atomic E-state index is 14.0. The SMILES string of the molecule is [C-]#[N+]c1ccc(N2C(=O)C(C)(C)N(c3ccc(-c4ccc(OCCOCC(=O)N[C@H](C(=O)N5C[C@H](O)C[C@H]5C(=O)NCc5ccc(-c6scnc6C)cc5)C(C)(C)C)cc4)cc3)C2=S)cc1C. The van der Waals surface area contributed by atoms with Crippen LogP contribution in [-0.4, -0.2) is 93.8 Å². The van der Waals surface area contributed by atoms with Crippen molar-refractivity contribution in [1.29, 1.82) is 0 Å². The molecule has 2 fully saturated rings. The van der Waals surface area contributed by atoms with Crippen molar-refractivity contribution in [2.24, 2.45) is 5.41 Å². The van der Waals surface area contributed by atoms with Crippen molar-refractivity contribution >= 4 is 69.4 Å². The minimum atomic E-state index is -0.984. The molecule has 0 bridgehead atoms. The van der Waals surface area contributed by atoms with Gasteiger partial charge in [-0.25, -0.2) is 9.83 Å². The highest BCUT2D eigenvalue weighted by atomic mass is 32.1. The van der Waals surface area contributed by atoms with Gasteiger partial charge in [-0.3, -0.25) is 24.1 Å². The van der Waals surface area contributed by atoms with E-state index in [1.807, 2.05) is 138 Å². The van der Waals surface area contributed by atoms with E-state index in [1.54, 1.807) is 23.5 Å². The predicted molar refractivity (Wildman–Crippen MR) is 264 cm³/mol. The second kappa shape index (κ2) is 20.2. The smallest absolute Gasteiger partial charge is 0.259 e. The number of likely N-dealkylation sites (tertiary alicyclic amines) is 1. The number of aryl methyl sites for hydroxylation is 2. The van der Waals surface area contributed by atoms with Crippen LogP contribution in [0, 0.1) is 25.8 Å². The number of anilines is 2. The summed E-state index contributed by atoms with van der Waals surface area (Å²) in [4.78, 5) is 67.9. The molecule has 0 spiro atoms. The van der Waals surface area contributed by atoms with E-state index < -0.39 is 41.0 Å². The molecule has 0 saturated carbocycles.